The van der Waals surface area contributed by atoms with Gasteiger partial charge in [-0.3, -0.25) is 0 Å². The van der Waals surface area contributed by atoms with E-state index < -0.39 is 5.69 Å². The fourth-order valence-electron chi connectivity index (χ4n) is 1.58. The SMILES string of the molecule is O=c1nc2c(c3ncnn13)=CC(Br)C=C2. The summed E-state index contributed by atoms with van der Waals surface area (Å²) in [5, 5.41) is 4.67. The molecule has 0 N–H and O–H groups in total. The molecule has 15 heavy (non-hydrogen) atoms. The van der Waals surface area contributed by atoms with Crippen molar-refractivity contribution in [3.8, 4) is 0 Å². The van der Waals surface area contributed by atoms with E-state index in [0.29, 0.717) is 11.3 Å². The monoisotopic (exact) mass is 264 g/mol. The van der Waals surface area contributed by atoms with Crippen molar-refractivity contribution in [2.75, 3.05) is 0 Å². The Kier molecular flexibility index (Phi) is 1.72. The van der Waals surface area contributed by atoms with Crippen molar-refractivity contribution in [1.29, 1.82) is 0 Å². The molecular weight excluding hydrogens is 260 g/mol. The number of alkyl halides is 1. The summed E-state index contributed by atoms with van der Waals surface area (Å²) in [6.07, 6.45) is 7.03. The highest BCUT2D eigenvalue weighted by atomic mass is 79.9. The van der Waals surface area contributed by atoms with Gasteiger partial charge in [0.15, 0.2) is 5.65 Å². The van der Waals surface area contributed by atoms with Crippen LogP contribution in [0, 0.1) is 0 Å². The van der Waals surface area contributed by atoms with E-state index in [4.69, 9.17) is 0 Å². The minimum absolute atomic E-state index is 0.143. The van der Waals surface area contributed by atoms with Crippen LogP contribution in [0.25, 0.3) is 17.8 Å². The summed E-state index contributed by atoms with van der Waals surface area (Å²) in [5.41, 5.74) is 0.808. The van der Waals surface area contributed by atoms with Gasteiger partial charge in [0.2, 0.25) is 0 Å². The minimum Gasteiger partial charge on any atom is -0.244 e. The summed E-state index contributed by atoms with van der Waals surface area (Å²) >= 11 is 3.44. The van der Waals surface area contributed by atoms with Crippen LogP contribution in [0.3, 0.4) is 0 Å². The van der Waals surface area contributed by atoms with Crippen LogP contribution in [-0.4, -0.2) is 24.4 Å². The van der Waals surface area contributed by atoms with Crippen molar-refractivity contribution >= 4 is 33.7 Å². The van der Waals surface area contributed by atoms with Crippen LogP contribution in [0.1, 0.15) is 5.69 Å². The molecule has 1 aliphatic carbocycles. The predicted octanol–water partition coefficient (Wildman–Crippen LogP) is -0.226. The van der Waals surface area contributed by atoms with Gasteiger partial charge >= 0.3 is 5.69 Å². The summed E-state index contributed by atoms with van der Waals surface area (Å²) in [6.45, 7) is 0. The number of aromatic nitrogens is 4. The second-order valence-electron chi connectivity index (χ2n) is 3.16. The maximum Gasteiger partial charge on any atom is 0.370 e. The first-order valence-electron chi connectivity index (χ1n) is 4.33. The lowest BCUT2D eigenvalue weighted by Gasteiger charge is -2.04. The Morgan fingerprint density at radius 2 is 2.33 bits per heavy atom. The Morgan fingerprint density at radius 1 is 1.47 bits per heavy atom. The van der Waals surface area contributed by atoms with E-state index in [1.807, 2.05) is 18.2 Å². The molecule has 1 aliphatic rings. The van der Waals surface area contributed by atoms with Gasteiger partial charge in [0.05, 0.1) is 10.5 Å². The van der Waals surface area contributed by atoms with Crippen LogP contribution in [0.5, 0.6) is 0 Å². The summed E-state index contributed by atoms with van der Waals surface area (Å²) in [7, 11) is 0. The van der Waals surface area contributed by atoms with Crippen molar-refractivity contribution in [3.05, 3.63) is 33.8 Å². The summed E-state index contributed by atoms with van der Waals surface area (Å²) in [6, 6.07) is 0. The topological polar surface area (TPSA) is 60.2 Å². The molecule has 0 fully saturated rings. The standard InChI is InChI=1S/C9H5BrN4O/c10-5-1-2-7-6(3-5)8-11-4-12-14(8)9(15)13-7/h1-5H. The second kappa shape index (κ2) is 2.96. The Labute approximate surface area is 92.3 Å². The molecule has 74 valence electrons. The molecular formula is C9H5BrN4O. The quantitative estimate of drug-likeness (QED) is 0.617. The van der Waals surface area contributed by atoms with Crippen molar-refractivity contribution < 1.29 is 0 Å². The van der Waals surface area contributed by atoms with Crippen LogP contribution in [0.4, 0.5) is 0 Å². The molecule has 0 radical (unpaired) electrons. The van der Waals surface area contributed by atoms with E-state index >= 15 is 0 Å². The zero-order valence-electron chi connectivity index (χ0n) is 7.46. The Morgan fingerprint density at radius 3 is 3.20 bits per heavy atom. The lowest BCUT2D eigenvalue weighted by atomic mass is 10.1. The molecule has 6 heteroatoms. The van der Waals surface area contributed by atoms with Crippen molar-refractivity contribution in [3.63, 3.8) is 0 Å². The fourth-order valence-corrected chi connectivity index (χ4v) is 1.99. The van der Waals surface area contributed by atoms with Gasteiger partial charge in [0.1, 0.15) is 6.33 Å². The van der Waals surface area contributed by atoms with Crippen LogP contribution < -0.4 is 10.9 Å². The molecule has 5 nitrogen and oxygen atoms in total. The number of fused-ring (bicyclic) bond motifs is 3. The van der Waals surface area contributed by atoms with E-state index in [1.54, 1.807) is 0 Å². The minimum atomic E-state index is -0.396. The molecule has 0 bridgehead atoms. The van der Waals surface area contributed by atoms with E-state index in [9.17, 15) is 4.79 Å². The van der Waals surface area contributed by atoms with Gasteiger partial charge in [-0.05, 0) is 6.08 Å². The fraction of sp³-hybridized carbons (Fsp3) is 0.111. The first-order chi connectivity index (χ1) is 7.25. The van der Waals surface area contributed by atoms with E-state index in [-0.39, 0.29) is 4.83 Å². The molecule has 2 aromatic heterocycles. The molecule has 0 amide bonds. The van der Waals surface area contributed by atoms with Gasteiger partial charge < -0.3 is 0 Å². The zero-order valence-corrected chi connectivity index (χ0v) is 9.05. The van der Waals surface area contributed by atoms with Gasteiger partial charge in [0, 0.05) is 5.22 Å². The van der Waals surface area contributed by atoms with Gasteiger partial charge in [-0.1, -0.05) is 28.1 Å². The Hall–Kier alpha value is -1.56. The highest BCUT2D eigenvalue weighted by molar-refractivity contribution is 9.09. The summed E-state index contributed by atoms with van der Waals surface area (Å²) < 4.78 is 1.20. The maximum atomic E-state index is 11.5. The van der Waals surface area contributed by atoms with E-state index in [2.05, 4.69) is 31.0 Å². The van der Waals surface area contributed by atoms with Gasteiger partial charge in [0.25, 0.3) is 0 Å². The first kappa shape index (κ1) is 8.72. The largest absolute Gasteiger partial charge is 0.370 e. The van der Waals surface area contributed by atoms with Crippen molar-refractivity contribution in [1.82, 2.24) is 19.6 Å². The van der Waals surface area contributed by atoms with Gasteiger partial charge in [-0.15, -0.1) is 0 Å². The number of halogens is 1. The normalized spacial score (nSPS) is 18.9. The van der Waals surface area contributed by atoms with Crippen molar-refractivity contribution in [2.45, 2.75) is 4.83 Å². The van der Waals surface area contributed by atoms with Crippen molar-refractivity contribution in [2.24, 2.45) is 0 Å². The third kappa shape index (κ3) is 1.21. The zero-order chi connectivity index (χ0) is 10.4. The van der Waals surface area contributed by atoms with Gasteiger partial charge in [-0.2, -0.15) is 14.6 Å². The van der Waals surface area contributed by atoms with Crippen LogP contribution in [0.2, 0.25) is 0 Å². The van der Waals surface area contributed by atoms with E-state index in [0.717, 1.165) is 5.22 Å². The van der Waals surface area contributed by atoms with Gasteiger partial charge in [-0.25, -0.2) is 9.78 Å². The predicted molar refractivity (Wildman–Crippen MR) is 58.5 cm³/mol. The maximum absolute atomic E-state index is 11.5. The molecule has 0 spiro atoms. The average Bonchev–Trinajstić information content (AvgIpc) is 2.69. The first-order valence-corrected chi connectivity index (χ1v) is 5.25. The Balaban J connectivity index is 2.58. The molecule has 1 unspecified atom stereocenters. The molecule has 0 saturated heterocycles. The number of hydrogen-bond acceptors (Lipinski definition) is 4. The lowest BCUT2D eigenvalue weighted by Crippen LogP contribution is -2.28. The lowest BCUT2D eigenvalue weighted by molar-refractivity contribution is 0.858. The van der Waals surface area contributed by atoms with Crippen LogP contribution >= 0.6 is 15.9 Å². The number of hydrogen-bond donors (Lipinski definition) is 0. The summed E-state index contributed by atoms with van der Waals surface area (Å²) in [5.74, 6) is 0. The highest BCUT2D eigenvalue weighted by Gasteiger charge is 2.11. The number of rotatable bonds is 0. The highest BCUT2D eigenvalue weighted by Crippen LogP contribution is 2.09. The van der Waals surface area contributed by atoms with Crippen LogP contribution in [-0.2, 0) is 0 Å². The van der Waals surface area contributed by atoms with E-state index in [1.165, 1.54) is 10.8 Å². The molecule has 0 saturated carbocycles. The second-order valence-corrected chi connectivity index (χ2v) is 4.22. The molecule has 0 aliphatic heterocycles. The molecule has 1 atom stereocenters. The molecule has 2 heterocycles. The smallest absolute Gasteiger partial charge is 0.244 e. The molecule has 3 rings (SSSR count). The third-order valence-corrected chi connectivity index (χ3v) is 2.80. The number of nitrogens with zero attached hydrogens (tertiary/aromatic N) is 4. The Bertz CT molecular complexity index is 675. The average molecular weight is 265 g/mol. The molecule has 2 aromatic rings. The summed E-state index contributed by atoms with van der Waals surface area (Å²) in [4.78, 5) is 19.6. The number of allylic oxidation sites excluding steroid dienone is 1. The van der Waals surface area contributed by atoms with Crippen LogP contribution in [0.15, 0.2) is 17.2 Å². The molecule has 0 aromatic carbocycles. The third-order valence-electron chi connectivity index (χ3n) is 2.23.